The maximum absolute atomic E-state index is 11.9. The first-order valence-corrected chi connectivity index (χ1v) is 12.3. The van der Waals surface area contributed by atoms with Crippen molar-refractivity contribution in [3.8, 4) is 5.75 Å². The second-order valence-electron chi connectivity index (χ2n) is 8.46. The van der Waals surface area contributed by atoms with Crippen molar-refractivity contribution in [3.05, 3.63) is 29.8 Å². The molecule has 0 spiro atoms. The fraction of sp³-hybridized carbons (Fsp3) is 0.731. The Morgan fingerprint density at radius 2 is 1.03 bits per heavy atom. The fourth-order valence-electron chi connectivity index (χ4n) is 3.77. The van der Waals surface area contributed by atoms with Crippen LogP contribution in [0.25, 0.3) is 0 Å². The van der Waals surface area contributed by atoms with E-state index in [4.69, 9.17) is 0 Å². The molecule has 3 nitrogen and oxygen atoms in total. The van der Waals surface area contributed by atoms with Gasteiger partial charge in [0, 0.05) is 12.1 Å². The molecule has 0 aromatic heterocycles. The summed E-state index contributed by atoms with van der Waals surface area (Å²) in [7, 11) is 0. The van der Waals surface area contributed by atoms with Crippen molar-refractivity contribution in [2.24, 2.45) is 0 Å². The number of hydrogen-bond acceptors (Lipinski definition) is 2. The molecule has 1 rings (SSSR count). The standard InChI is InChI=1S/C26H45NO2/c1-2-3-4-5-6-7-8-9-10-11-12-13-14-15-16-17-18-23-27-26(29)24-19-21-25(28)22-20-24/h19-22,28H,2-18,23H2,1H3,(H,27,29). The summed E-state index contributed by atoms with van der Waals surface area (Å²) in [4.78, 5) is 11.9. The van der Waals surface area contributed by atoms with Crippen molar-refractivity contribution in [2.75, 3.05) is 6.54 Å². The van der Waals surface area contributed by atoms with Gasteiger partial charge in [0.05, 0.1) is 0 Å². The van der Waals surface area contributed by atoms with Gasteiger partial charge in [-0.1, -0.05) is 110 Å². The van der Waals surface area contributed by atoms with Gasteiger partial charge in [-0.3, -0.25) is 4.79 Å². The van der Waals surface area contributed by atoms with E-state index < -0.39 is 0 Å². The summed E-state index contributed by atoms with van der Waals surface area (Å²) in [6.07, 6.45) is 23.2. The van der Waals surface area contributed by atoms with Crippen LogP contribution in [-0.4, -0.2) is 17.6 Å². The molecular weight excluding hydrogens is 358 g/mol. The third-order valence-corrected chi connectivity index (χ3v) is 5.70. The molecular formula is C26H45NO2. The van der Waals surface area contributed by atoms with E-state index in [-0.39, 0.29) is 11.7 Å². The minimum atomic E-state index is -0.0542. The molecule has 3 heteroatoms. The van der Waals surface area contributed by atoms with Crippen molar-refractivity contribution < 1.29 is 9.90 Å². The van der Waals surface area contributed by atoms with Crippen molar-refractivity contribution >= 4 is 5.91 Å². The number of carbonyl (C=O) groups excluding carboxylic acids is 1. The summed E-state index contributed by atoms with van der Waals surface area (Å²) in [6, 6.07) is 6.40. The van der Waals surface area contributed by atoms with Crippen molar-refractivity contribution in [1.82, 2.24) is 5.32 Å². The molecule has 2 N–H and O–H groups in total. The van der Waals surface area contributed by atoms with Gasteiger partial charge >= 0.3 is 0 Å². The Bertz CT molecular complexity index is 498. The molecule has 0 unspecified atom stereocenters. The van der Waals surface area contributed by atoms with E-state index in [1.54, 1.807) is 24.3 Å². The first-order valence-electron chi connectivity index (χ1n) is 12.3. The Labute approximate surface area is 179 Å². The zero-order chi connectivity index (χ0) is 21.0. The van der Waals surface area contributed by atoms with E-state index in [0.29, 0.717) is 5.56 Å². The highest BCUT2D eigenvalue weighted by Gasteiger charge is 2.04. The van der Waals surface area contributed by atoms with Gasteiger partial charge in [0.25, 0.3) is 5.91 Å². The zero-order valence-electron chi connectivity index (χ0n) is 18.9. The van der Waals surface area contributed by atoms with Gasteiger partial charge in [-0.2, -0.15) is 0 Å². The summed E-state index contributed by atoms with van der Waals surface area (Å²) in [5.74, 6) is 0.135. The molecule has 0 atom stereocenters. The van der Waals surface area contributed by atoms with Gasteiger partial charge in [-0.25, -0.2) is 0 Å². The lowest BCUT2D eigenvalue weighted by Gasteiger charge is -2.06. The maximum Gasteiger partial charge on any atom is 0.251 e. The number of hydrogen-bond donors (Lipinski definition) is 2. The lowest BCUT2D eigenvalue weighted by atomic mass is 10.0. The van der Waals surface area contributed by atoms with E-state index in [1.807, 2.05) is 0 Å². The van der Waals surface area contributed by atoms with Crippen LogP contribution in [0.5, 0.6) is 5.75 Å². The summed E-state index contributed by atoms with van der Waals surface area (Å²) >= 11 is 0. The molecule has 0 aliphatic heterocycles. The van der Waals surface area contributed by atoms with Gasteiger partial charge in [0.15, 0.2) is 0 Å². The minimum Gasteiger partial charge on any atom is -0.508 e. The third kappa shape index (κ3) is 15.1. The predicted molar refractivity (Wildman–Crippen MR) is 125 cm³/mol. The number of carbonyl (C=O) groups is 1. The predicted octanol–water partition coefficient (Wildman–Crippen LogP) is 7.77. The maximum atomic E-state index is 11.9. The number of benzene rings is 1. The van der Waals surface area contributed by atoms with Crippen LogP contribution >= 0.6 is 0 Å². The number of amides is 1. The van der Waals surface area contributed by atoms with Gasteiger partial charge in [0.1, 0.15) is 5.75 Å². The van der Waals surface area contributed by atoms with E-state index in [1.165, 1.54) is 103 Å². The molecule has 29 heavy (non-hydrogen) atoms. The monoisotopic (exact) mass is 403 g/mol. The average molecular weight is 404 g/mol. The molecule has 1 aromatic rings. The zero-order valence-corrected chi connectivity index (χ0v) is 18.9. The minimum absolute atomic E-state index is 0.0542. The summed E-state index contributed by atoms with van der Waals surface area (Å²) in [5.41, 5.74) is 0.606. The lowest BCUT2D eigenvalue weighted by Crippen LogP contribution is -2.24. The van der Waals surface area contributed by atoms with Crippen LogP contribution in [0.2, 0.25) is 0 Å². The molecule has 0 fully saturated rings. The van der Waals surface area contributed by atoms with Gasteiger partial charge in [-0.05, 0) is 30.7 Å². The molecule has 0 saturated carbocycles. The number of phenols is 1. The normalized spacial score (nSPS) is 10.9. The van der Waals surface area contributed by atoms with E-state index >= 15 is 0 Å². The van der Waals surface area contributed by atoms with Crippen LogP contribution in [0.3, 0.4) is 0 Å². The first-order chi connectivity index (χ1) is 14.2. The van der Waals surface area contributed by atoms with Crippen LogP contribution in [0, 0.1) is 0 Å². The topological polar surface area (TPSA) is 49.3 Å². The number of unbranched alkanes of at least 4 members (excludes halogenated alkanes) is 16. The van der Waals surface area contributed by atoms with E-state index in [2.05, 4.69) is 12.2 Å². The smallest absolute Gasteiger partial charge is 0.251 e. The number of phenolic OH excluding ortho intramolecular Hbond substituents is 1. The summed E-state index contributed by atoms with van der Waals surface area (Å²) in [5, 5.41) is 12.2. The molecule has 0 saturated heterocycles. The highest BCUT2D eigenvalue weighted by molar-refractivity contribution is 5.94. The average Bonchev–Trinajstić information content (AvgIpc) is 2.73. The molecule has 0 radical (unpaired) electrons. The number of rotatable bonds is 19. The molecule has 0 aliphatic carbocycles. The molecule has 166 valence electrons. The number of nitrogens with one attached hydrogen (secondary N) is 1. The fourth-order valence-corrected chi connectivity index (χ4v) is 3.77. The highest BCUT2D eigenvalue weighted by atomic mass is 16.3. The van der Waals surface area contributed by atoms with Gasteiger partial charge < -0.3 is 10.4 Å². The van der Waals surface area contributed by atoms with Crippen LogP contribution < -0.4 is 5.32 Å². The van der Waals surface area contributed by atoms with Crippen LogP contribution in [0.4, 0.5) is 0 Å². The SMILES string of the molecule is CCCCCCCCCCCCCCCCCCCNC(=O)c1ccc(O)cc1. The molecule has 0 aliphatic rings. The Morgan fingerprint density at radius 3 is 1.45 bits per heavy atom. The van der Waals surface area contributed by atoms with E-state index in [9.17, 15) is 9.90 Å². The second-order valence-corrected chi connectivity index (χ2v) is 8.46. The lowest BCUT2D eigenvalue weighted by molar-refractivity contribution is 0.0953. The molecule has 0 heterocycles. The summed E-state index contributed by atoms with van der Waals surface area (Å²) < 4.78 is 0. The Balaban J connectivity index is 1.77. The van der Waals surface area contributed by atoms with Gasteiger partial charge in [0.2, 0.25) is 0 Å². The van der Waals surface area contributed by atoms with Crippen LogP contribution in [0.15, 0.2) is 24.3 Å². The summed E-state index contributed by atoms with van der Waals surface area (Å²) in [6.45, 7) is 3.02. The van der Waals surface area contributed by atoms with Crippen molar-refractivity contribution in [2.45, 2.75) is 116 Å². The first kappa shape index (κ1) is 25.5. The Hall–Kier alpha value is -1.51. The van der Waals surface area contributed by atoms with Crippen LogP contribution in [-0.2, 0) is 0 Å². The quantitative estimate of drug-likeness (QED) is 0.232. The number of aromatic hydroxyl groups is 1. The van der Waals surface area contributed by atoms with Crippen LogP contribution in [0.1, 0.15) is 126 Å². The third-order valence-electron chi connectivity index (χ3n) is 5.70. The van der Waals surface area contributed by atoms with Crippen molar-refractivity contribution in [1.29, 1.82) is 0 Å². The van der Waals surface area contributed by atoms with E-state index in [0.717, 1.165) is 13.0 Å². The highest BCUT2D eigenvalue weighted by Crippen LogP contribution is 2.14. The largest absolute Gasteiger partial charge is 0.508 e. The Kier molecular flexibility index (Phi) is 16.3. The Morgan fingerprint density at radius 1 is 0.655 bits per heavy atom. The molecule has 1 aromatic carbocycles. The second kappa shape index (κ2) is 18.5. The molecule has 1 amide bonds. The molecule has 0 bridgehead atoms. The van der Waals surface area contributed by atoms with Crippen molar-refractivity contribution in [3.63, 3.8) is 0 Å². The van der Waals surface area contributed by atoms with Gasteiger partial charge in [-0.15, -0.1) is 0 Å².